The number of likely N-dealkylation sites (tertiary alicyclic amines) is 1. The van der Waals surface area contributed by atoms with Crippen LogP contribution in [0.1, 0.15) is 34.6 Å². The van der Waals surface area contributed by atoms with Crippen molar-refractivity contribution in [3.05, 3.63) is 35.1 Å². The van der Waals surface area contributed by atoms with Gasteiger partial charge in [-0.05, 0) is 48.7 Å². The van der Waals surface area contributed by atoms with E-state index in [2.05, 4.69) is 0 Å². The van der Waals surface area contributed by atoms with Crippen LogP contribution in [-0.2, 0) is 14.4 Å². The van der Waals surface area contributed by atoms with Crippen LogP contribution < -0.4 is 4.74 Å². The summed E-state index contributed by atoms with van der Waals surface area (Å²) < 4.78 is 5.80. The average Bonchev–Trinajstić information content (AvgIpc) is 2.65. The number of carbonyl (C=O) groups is 3. The maximum Gasteiger partial charge on any atom is 0.357 e. The first-order valence-corrected chi connectivity index (χ1v) is 11.9. The van der Waals surface area contributed by atoms with Gasteiger partial charge in [0.05, 0.1) is 12.0 Å². The third kappa shape index (κ3) is 5.97. The maximum absolute atomic E-state index is 12.7. The van der Waals surface area contributed by atoms with Crippen molar-refractivity contribution >= 4 is 52.1 Å². The normalized spacial score (nSPS) is 20.6. The number of aliphatic hydroxyl groups excluding tert-OH is 1. The predicted octanol–water partition coefficient (Wildman–Crippen LogP) is 4.14. The second-order valence-electron chi connectivity index (χ2n) is 7.93. The Labute approximate surface area is 195 Å². The molecule has 1 heterocycles. The number of β-lactam (4-membered cyclic amide) rings is 1. The van der Waals surface area contributed by atoms with Gasteiger partial charge in [-0.3, -0.25) is 14.5 Å². The minimum absolute atomic E-state index is 0.258. The van der Waals surface area contributed by atoms with Crippen LogP contribution in [0.2, 0.25) is 0 Å². The van der Waals surface area contributed by atoms with Gasteiger partial charge < -0.3 is 14.9 Å². The number of benzene rings is 1. The number of carboxylic acids is 1. The van der Waals surface area contributed by atoms with Crippen LogP contribution in [0.25, 0.3) is 0 Å². The average molecular weight is 488 g/mol. The van der Waals surface area contributed by atoms with Gasteiger partial charge >= 0.3 is 5.97 Å². The fraction of sp³-hybridized carbons (Fsp3) is 0.476. The van der Waals surface area contributed by atoms with Gasteiger partial charge in [0, 0.05) is 10.3 Å². The fourth-order valence-electron chi connectivity index (χ4n) is 2.67. The van der Waals surface area contributed by atoms with E-state index in [1.165, 1.54) is 6.92 Å². The van der Waals surface area contributed by atoms with Crippen molar-refractivity contribution in [3.8, 4) is 5.75 Å². The van der Waals surface area contributed by atoms with Gasteiger partial charge in [0.1, 0.15) is 11.3 Å². The van der Waals surface area contributed by atoms with Crippen molar-refractivity contribution in [2.45, 2.75) is 51.1 Å². The summed E-state index contributed by atoms with van der Waals surface area (Å²) in [5.74, 6) is -1.85. The second kappa shape index (κ2) is 10.3. The number of aliphatic carboxylic acids is 1. The van der Waals surface area contributed by atoms with E-state index in [4.69, 9.17) is 16.3 Å². The summed E-state index contributed by atoms with van der Waals surface area (Å²) in [6.45, 7) is 8.51. The molecule has 31 heavy (non-hydrogen) atoms. The molecule has 0 radical (unpaired) electrons. The molecule has 7 nitrogen and oxygen atoms in total. The standard InChI is InChI=1S/C21H26ClNO6S2/c1-6-30-13-9-7-12(8-10-13)29-19(31-20(28)21(3,4)5)15(18(26)27)23-16(22)14(11(2)24)17(23)25/h7-11,14,16,24H,6H2,1-5H3,(H,26,27)/t11-,14-,16-/m1/s1. The third-order valence-corrected chi connectivity index (χ3v) is 6.99. The summed E-state index contributed by atoms with van der Waals surface area (Å²) in [5, 5.41) is 19.0. The number of rotatable bonds is 8. The first-order chi connectivity index (χ1) is 14.4. The van der Waals surface area contributed by atoms with Crippen molar-refractivity contribution in [3.63, 3.8) is 0 Å². The minimum Gasteiger partial charge on any atom is -0.476 e. The van der Waals surface area contributed by atoms with Gasteiger partial charge in [0.15, 0.2) is 10.8 Å². The van der Waals surface area contributed by atoms with Crippen molar-refractivity contribution in [1.29, 1.82) is 0 Å². The Bertz CT molecular complexity index is 879. The molecule has 0 aromatic heterocycles. The highest BCUT2D eigenvalue weighted by molar-refractivity contribution is 8.16. The van der Waals surface area contributed by atoms with Crippen LogP contribution >= 0.6 is 35.1 Å². The molecule has 1 aliphatic heterocycles. The molecule has 3 atom stereocenters. The number of nitrogens with zero attached hydrogens (tertiary/aromatic N) is 1. The smallest absolute Gasteiger partial charge is 0.357 e. The van der Waals surface area contributed by atoms with Gasteiger partial charge in [0.25, 0.3) is 0 Å². The molecule has 10 heteroatoms. The van der Waals surface area contributed by atoms with Gasteiger partial charge in [-0.2, -0.15) is 0 Å². The van der Waals surface area contributed by atoms with Crippen LogP contribution in [0, 0.1) is 11.3 Å². The van der Waals surface area contributed by atoms with Crippen molar-refractivity contribution in [2.75, 3.05) is 5.75 Å². The molecule has 1 aromatic carbocycles. The van der Waals surface area contributed by atoms with E-state index >= 15 is 0 Å². The van der Waals surface area contributed by atoms with Crippen LogP contribution in [0.4, 0.5) is 0 Å². The summed E-state index contributed by atoms with van der Waals surface area (Å²) in [7, 11) is 0. The van der Waals surface area contributed by atoms with Crippen LogP contribution in [0.3, 0.4) is 0 Å². The van der Waals surface area contributed by atoms with Gasteiger partial charge in [-0.25, -0.2) is 4.79 Å². The molecule has 170 valence electrons. The van der Waals surface area contributed by atoms with E-state index in [-0.39, 0.29) is 10.2 Å². The Hall–Kier alpha value is -1.68. The van der Waals surface area contributed by atoms with Gasteiger partial charge in [-0.15, -0.1) is 11.8 Å². The van der Waals surface area contributed by atoms with E-state index in [0.29, 0.717) is 17.5 Å². The molecule has 0 saturated carbocycles. The molecule has 0 unspecified atom stereocenters. The number of alkyl halides is 1. The number of ether oxygens (including phenoxy) is 1. The number of thioether (sulfide) groups is 2. The topological polar surface area (TPSA) is 104 Å². The number of carboxylic acid groups (broad SMARTS) is 1. The molecule has 0 aliphatic carbocycles. The summed E-state index contributed by atoms with van der Waals surface area (Å²) in [6.07, 6.45) is -1.04. The largest absolute Gasteiger partial charge is 0.476 e. The molecule has 1 aliphatic rings. The van der Waals surface area contributed by atoms with Crippen molar-refractivity contribution < 1.29 is 29.3 Å². The first kappa shape index (κ1) is 25.6. The predicted molar refractivity (Wildman–Crippen MR) is 122 cm³/mol. The number of halogens is 1. The van der Waals surface area contributed by atoms with Crippen LogP contribution in [0.5, 0.6) is 5.75 Å². The fourth-order valence-corrected chi connectivity index (χ4v) is 4.74. The summed E-state index contributed by atoms with van der Waals surface area (Å²) in [6, 6.07) is 6.96. The summed E-state index contributed by atoms with van der Waals surface area (Å²) in [4.78, 5) is 39.2. The lowest BCUT2D eigenvalue weighted by molar-refractivity contribution is -0.158. The van der Waals surface area contributed by atoms with E-state index < -0.39 is 40.5 Å². The van der Waals surface area contributed by atoms with E-state index in [9.17, 15) is 24.6 Å². The highest BCUT2D eigenvalue weighted by atomic mass is 35.5. The maximum atomic E-state index is 12.7. The van der Waals surface area contributed by atoms with Gasteiger partial charge in [-0.1, -0.05) is 39.3 Å². The van der Waals surface area contributed by atoms with E-state index in [1.54, 1.807) is 44.7 Å². The quantitative estimate of drug-likeness (QED) is 0.141. The SMILES string of the molecule is CCSc1ccc(OC(SC(=O)C(C)(C)C)=C(C(=O)O)N2C(=O)[C@H]([C@@H](C)O)[C@@H]2Cl)cc1. The number of amides is 1. The highest BCUT2D eigenvalue weighted by Gasteiger charge is 2.53. The Kier molecular flexibility index (Phi) is 8.49. The summed E-state index contributed by atoms with van der Waals surface area (Å²) in [5.41, 5.74) is -2.39. The molecule has 2 rings (SSSR count). The lowest BCUT2D eigenvalue weighted by atomic mass is 9.92. The molecule has 1 amide bonds. The molecular weight excluding hydrogens is 462 g/mol. The zero-order chi connectivity index (χ0) is 23.5. The monoisotopic (exact) mass is 487 g/mol. The van der Waals surface area contributed by atoms with Crippen molar-refractivity contribution in [1.82, 2.24) is 4.90 Å². The van der Waals surface area contributed by atoms with Crippen molar-refractivity contribution in [2.24, 2.45) is 11.3 Å². The zero-order valence-electron chi connectivity index (χ0n) is 17.9. The van der Waals surface area contributed by atoms with E-state index in [0.717, 1.165) is 15.5 Å². The Morgan fingerprint density at radius 1 is 1.26 bits per heavy atom. The third-order valence-electron chi connectivity index (χ3n) is 4.37. The number of aliphatic hydroxyl groups is 1. The lowest BCUT2D eigenvalue weighted by Gasteiger charge is -2.44. The van der Waals surface area contributed by atoms with Crippen LogP contribution in [-0.4, -0.2) is 49.5 Å². The lowest BCUT2D eigenvalue weighted by Crippen LogP contribution is -2.62. The first-order valence-electron chi connectivity index (χ1n) is 9.64. The number of hydrogen-bond acceptors (Lipinski definition) is 7. The minimum atomic E-state index is -1.47. The number of hydrogen-bond donors (Lipinski definition) is 2. The molecule has 2 N–H and O–H groups in total. The Morgan fingerprint density at radius 3 is 2.26 bits per heavy atom. The highest BCUT2D eigenvalue weighted by Crippen LogP contribution is 2.40. The second-order valence-corrected chi connectivity index (χ2v) is 10.7. The van der Waals surface area contributed by atoms with E-state index in [1.807, 2.05) is 19.1 Å². The van der Waals surface area contributed by atoms with Crippen LogP contribution in [0.15, 0.2) is 39.9 Å². The molecule has 1 fully saturated rings. The molecule has 1 saturated heterocycles. The molecule has 1 aromatic rings. The molecular formula is C21H26ClNO6S2. The molecule has 0 spiro atoms. The molecule has 0 bridgehead atoms. The Morgan fingerprint density at radius 2 is 1.84 bits per heavy atom. The zero-order valence-corrected chi connectivity index (χ0v) is 20.3. The Balaban J connectivity index is 2.49. The van der Waals surface area contributed by atoms with Gasteiger partial charge in [0.2, 0.25) is 11.0 Å². The number of carbonyl (C=O) groups excluding carboxylic acids is 2. The summed E-state index contributed by atoms with van der Waals surface area (Å²) >= 11 is 8.47.